The smallest absolute Gasteiger partial charge is 0.272 e. The van der Waals surface area contributed by atoms with Gasteiger partial charge in [0.1, 0.15) is 5.03 Å². The van der Waals surface area contributed by atoms with Crippen molar-refractivity contribution < 1.29 is 19.2 Å². The van der Waals surface area contributed by atoms with E-state index in [2.05, 4.69) is 70.0 Å². The lowest BCUT2D eigenvalue weighted by atomic mass is 9.95. The van der Waals surface area contributed by atoms with Crippen molar-refractivity contribution in [2.45, 2.75) is 0 Å². The van der Waals surface area contributed by atoms with Crippen molar-refractivity contribution in [2.75, 3.05) is 14.1 Å². The van der Waals surface area contributed by atoms with Crippen molar-refractivity contribution in [1.82, 2.24) is 29.7 Å². The third-order valence-electron chi connectivity index (χ3n) is 9.66. The molecule has 2 aliphatic rings. The molecule has 0 saturated carbocycles. The average molecular weight is 877 g/mol. The van der Waals surface area contributed by atoms with Crippen molar-refractivity contribution in [2.24, 2.45) is 0 Å². The maximum Gasteiger partial charge on any atom is 0.272 e. The second-order valence-electron chi connectivity index (χ2n) is 12.9. The number of hydrogen-bond donors (Lipinski definition) is 4. The number of nitrogens with one attached hydrogen (secondary N) is 4. The topological polar surface area (TPSA) is 138 Å². The van der Waals surface area contributed by atoms with E-state index in [1.54, 1.807) is 18.6 Å². The van der Waals surface area contributed by atoms with Crippen LogP contribution in [0.4, 0.5) is 0 Å². The summed E-state index contributed by atoms with van der Waals surface area (Å²) in [6, 6.07) is 29.4. The molecule has 4 amide bonds. The SMILES string of the molecule is Brc1ccc2[nH]ccc2c1.CN1C(=O)C(Cl)=C(c2c[nH]c3ccccc23)C1=O.CN1C(=O)C(c2c[nH]c3ccccc23)=C(c2c[nH]c3ccc(Br)cc23)C1=O. The van der Waals surface area contributed by atoms with Crippen LogP contribution in [0.15, 0.2) is 130 Å². The summed E-state index contributed by atoms with van der Waals surface area (Å²) in [6.07, 6.45) is 7.24. The van der Waals surface area contributed by atoms with E-state index in [9.17, 15) is 19.2 Å². The van der Waals surface area contributed by atoms with E-state index in [1.165, 1.54) is 29.9 Å². The minimum Gasteiger partial charge on any atom is -0.361 e. The Morgan fingerprint density at radius 3 is 1.51 bits per heavy atom. The highest BCUT2D eigenvalue weighted by molar-refractivity contribution is 9.10. The lowest BCUT2D eigenvalue weighted by molar-refractivity contribution is -0.136. The van der Waals surface area contributed by atoms with Crippen LogP contribution >= 0.6 is 43.5 Å². The molecule has 0 fully saturated rings. The van der Waals surface area contributed by atoms with Crippen LogP contribution in [-0.4, -0.2) is 67.5 Å². The van der Waals surface area contributed by atoms with Crippen molar-refractivity contribution in [3.8, 4) is 0 Å². The monoisotopic (exact) mass is 874 g/mol. The van der Waals surface area contributed by atoms with Gasteiger partial charge in [0, 0.05) is 108 Å². The fraction of sp³-hybridized carbons (Fsp3) is 0.0476. The van der Waals surface area contributed by atoms with Gasteiger partial charge in [-0.25, -0.2) is 0 Å². The molecular formula is C42H29Br2ClN6O4. The Morgan fingerprint density at radius 2 is 0.945 bits per heavy atom. The second-order valence-corrected chi connectivity index (χ2v) is 15.1. The zero-order valence-electron chi connectivity index (χ0n) is 29.1. The molecule has 272 valence electrons. The predicted molar refractivity (Wildman–Crippen MR) is 224 cm³/mol. The molecule has 2 aliphatic heterocycles. The Kier molecular flexibility index (Phi) is 9.42. The summed E-state index contributed by atoms with van der Waals surface area (Å²) in [6.45, 7) is 0. The number of amides is 4. The molecule has 0 aliphatic carbocycles. The minimum absolute atomic E-state index is 0.0211. The Balaban J connectivity index is 0.000000130. The molecule has 0 unspecified atom stereocenters. The number of H-pyrrole nitrogens is 4. The van der Waals surface area contributed by atoms with Gasteiger partial charge in [-0.15, -0.1) is 0 Å². The number of aromatic nitrogens is 4. The Hall–Kier alpha value is -5.95. The van der Waals surface area contributed by atoms with Crippen LogP contribution in [0.25, 0.3) is 60.3 Å². The van der Waals surface area contributed by atoms with Gasteiger partial charge in [0.2, 0.25) is 0 Å². The number of fused-ring (bicyclic) bond motifs is 4. The first-order valence-corrected chi connectivity index (χ1v) is 18.9. The zero-order chi connectivity index (χ0) is 38.5. The minimum atomic E-state index is -0.457. The molecular weight excluding hydrogens is 848 g/mol. The number of rotatable bonds is 3. The van der Waals surface area contributed by atoms with Crippen LogP contribution < -0.4 is 0 Å². The van der Waals surface area contributed by atoms with Crippen LogP contribution in [0.2, 0.25) is 0 Å². The van der Waals surface area contributed by atoms with Crippen molar-refractivity contribution in [3.63, 3.8) is 0 Å². The third kappa shape index (κ3) is 6.31. The van der Waals surface area contributed by atoms with Gasteiger partial charge in [-0.1, -0.05) is 79.9 Å². The normalized spacial score (nSPS) is 14.6. The van der Waals surface area contributed by atoms with Crippen molar-refractivity contribution in [1.29, 1.82) is 0 Å². The summed E-state index contributed by atoms with van der Waals surface area (Å²) in [5.74, 6) is -1.40. The fourth-order valence-corrected chi connectivity index (χ4v) is 7.91. The standard InChI is InChI=1S/C21H14BrN3O2.C13H9ClN2O2.C8H6BrN/c1-25-20(26)18(14-9-23-16-5-3-2-4-12(14)16)19(21(25)27)15-10-24-17-7-6-11(22)8-13(15)17;1-16-12(17)10(11(14)13(16)18)8-6-15-9-5-3-2-4-7(8)9;9-7-1-2-8-6(5-7)3-4-10-8/h2-10,23-24H,1H3;2-6,15H,1H3;1-5,10H. The number of halogens is 3. The number of likely N-dealkylation sites (N-methyl/N-ethyl adjacent to an activating group) is 2. The number of para-hydroxylation sites is 2. The summed E-state index contributed by atoms with van der Waals surface area (Å²) >= 11 is 12.9. The number of benzene rings is 4. The molecule has 6 heterocycles. The predicted octanol–water partition coefficient (Wildman–Crippen LogP) is 9.37. The molecule has 4 aromatic heterocycles. The highest BCUT2D eigenvalue weighted by Gasteiger charge is 2.39. The first-order chi connectivity index (χ1) is 26.5. The Bertz CT molecular complexity index is 2950. The molecule has 55 heavy (non-hydrogen) atoms. The lowest BCUT2D eigenvalue weighted by Gasteiger charge is -2.06. The highest BCUT2D eigenvalue weighted by Crippen LogP contribution is 2.40. The van der Waals surface area contributed by atoms with Crippen LogP contribution in [-0.2, 0) is 19.2 Å². The van der Waals surface area contributed by atoms with E-state index >= 15 is 0 Å². The van der Waals surface area contributed by atoms with E-state index in [0.29, 0.717) is 16.7 Å². The molecule has 0 atom stereocenters. The van der Waals surface area contributed by atoms with Crippen LogP contribution in [0.5, 0.6) is 0 Å². The van der Waals surface area contributed by atoms with Gasteiger partial charge < -0.3 is 19.9 Å². The van der Waals surface area contributed by atoms with E-state index in [-0.39, 0.29) is 28.3 Å². The Labute approximate surface area is 335 Å². The number of carbonyl (C=O) groups is 4. The molecule has 0 bridgehead atoms. The largest absolute Gasteiger partial charge is 0.361 e. The quantitative estimate of drug-likeness (QED) is 0.132. The van der Waals surface area contributed by atoms with E-state index in [0.717, 1.165) is 57.7 Å². The number of imide groups is 2. The number of nitrogens with zero attached hydrogens (tertiary/aromatic N) is 2. The fourth-order valence-electron chi connectivity index (χ4n) is 6.86. The van der Waals surface area contributed by atoms with Gasteiger partial charge in [-0.3, -0.25) is 29.0 Å². The number of carbonyl (C=O) groups excluding carboxylic acids is 4. The summed E-state index contributed by atoms with van der Waals surface area (Å²) in [4.78, 5) is 64.4. The van der Waals surface area contributed by atoms with Crippen molar-refractivity contribution in [3.05, 3.63) is 146 Å². The van der Waals surface area contributed by atoms with Crippen LogP contribution in [0.1, 0.15) is 16.7 Å². The third-order valence-corrected chi connectivity index (χ3v) is 11.0. The molecule has 13 heteroatoms. The van der Waals surface area contributed by atoms with Gasteiger partial charge in [0.25, 0.3) is 23.6 Å². The van der Waals surface area contributed by atoms with Gasteiger partial charge in [0.05, 0.1) is 16.7 Å². The summed E-state index contributed by atoms with van der Waals surface area (Å²) in [5.41, 5.74) is 7.19. The molecule has 0 spiro atoms. The maximum atomic E-state index is 13.0. The number of hydrogen-bond acceptors (Lipinski definition) is 4. The molecule has 10 rings (SSSR count). The molecule has 4 aromatic carbocycles. The van der Waals surface area contributed by atoms with Crippen molar-refractivity contribution >= 4 is 127 Å². The van der Waals surface area contributed by atoms with E-state index in [4.69, 9.17) is 11.6 Å². The summed E-state index contributed by atoms with van der Waals surface area (Å²) < 4.78 is 2.04. The van der Waals surface area contributed by atoms with Gasteiger partial charge in [-0.2, -0.15) is 0 Å². The maximum absolute atomic E-state index is 13.0. The highest BCUT2D eigenvalue weighted by atomic mass is 79.9. The zero-order valence-corrected chi connectivity index (χ0v) is 33.1. The van der Waals surface area contributed by atoms with E-state index in [1.807, 2.05) is 79.0 Å². The molecule has 8 aromatic rings. The Morgan fingerprint density at radius 1 is 0.491 bits per heavy atom. The van der Waals surface area contributed by atoms with Crippen LogP contribution in [0.3, 0.4) is 0 Å². The van der Waals surface area contributed by atoms with Gasteiger partial charge >= 0.3 is 0 Å². The first-order valence-electron chi connectivity index (χ1n) is 16.9. The van der Waals surface area contributed by atoms with Gasteiger partial charge in [-0.05, 0) is 54.6 Å². The molecule has 10 nitrogen and oxygen atoms in total. The second kappa shape index (κ2) is 14.4. The molecule has 0 saturated heterocycles. The lowest BCUT2D eigenvalue weighted by Crippen LogP contribution is -2.26. The summed E-state index contributed by atoms with van der Waals surface area (Å²) in [5, 5.41) is 3.92. The average Bonchev–Trinajstić information content (AvgIpc) is 4.05. The first kappa shape index (κ1) is 36.0. The molecule has 4 N–H and O–H groups in total. The summed E-state index contributed by atoms with van der Waals surface area (Å²) in [7, 11) is 2.95. The molecule has 0 radical (unpaired) electrons. The number of aromatic amines is 4. The van der Waals surface area contributed by atoms with Crippen LogP contribution in [0, 0.1) is 0 Å². The van der Waals surface area contributed by atoms with E-state index < -0.39 is 5.91 Å². The van der Waals surface area contributed by atoms with Gasteiger partial charge in [0.15, 0.2) is 0 Å².